The van der Waals surface area contributed by atoms with Crippen LogP contribution in [0.2, 0.25) is 5.15 Å². The van der Waals surface area contributed by atoms with E-state index in [0.29, 0.717) is 5.69 Å². The van der Waals surface area contributed by atoms with Gasteiger partial charge in [0.25, 0.3) is 0 Å². The quantitative estimate of drug-likeness (QED) is 0.801. The number of hydrogen-bond acceptors (Lipinski definition) is 2. The zero-order valence-electron chi connectivity index (χ0n) is 11.0. The Balaban J connectivity index is 2.61. The molecule has 5 heteroatoms. The third-order valence-corrected chi connectivity index (χ3v) is 2.91. The van der Waals surface area contributed by atoms with Gasteiger partial charge in [0.1, 0.15) is 0 Å². The number of halogens is 1. The molecule has 0 bridgehead atoms. The molecule has 0 saturated carbocycles. The van der Waals surface area contributed by atoms with Crippen LogP contribution in [0.25, 0.3) is 0 Å². The van der Waals surface area contributed by atoms with Gasteiger partial charge in [-0.2, -0.15) is 0 Å². The van der Waals surface area contributed by atoms with Crippen molar-refractivity contribution >= 4 is 23.3 Å². The second-order valence-electron chi connectivity index (χ2n) is 5.02. The smallest absolute Gasteiger partial charge is 0.314 e. The van der Waals surface area contributed by atoms with Gasteiger partial charge < -0.3 is 10.6 Å². The normalized spacial score (nSPS) is 12.2. The Labute approximate surface area is 112 Å². The highest BCUT2D eigenvalue weighted by Crippen LogP contribution is 2.23. The van der Waals surface area contributed by atoms with Crippen LogP contribution in [0.3, 0.4) is 0 Å². The Morgan fingerprint density at radius 3 is 2.67 bits per heavy atom. The molecule has 1 aromatic heterocycles. The van der Waals surface area contributed by atoms with Gasteiger partial charge in [0, 0.05) is 12.4 Å². The number of hydrogen-bond donors (Lipinski definition) is 2. The third-order valence-electron chi connectivity index (χ3n) is 2.61. The summed E-state index contributed by atoms with van der Waals surface area (Å²) in [5, 5.41) is 5.56. The zero-order chi connectivity index (χ0) is 13.8. The molecule has 0 radical (unpaired) electrons. The van der Waals surface area contributed by atoms with Gasteiger partial charge in [-0.05, 0) is 24.5 Å². The molecule has 98 valence electrons. The minimum Gasteiger partial charge on any atom is -0.314 e. The van der Waals surface area contributed by atoms with Crippen molar-refractivity contribution in [2.45, 2.75) is 27.7 Å². The fraction of sp³-hybridized carbons (Fsp3) is 0.385. The van der Waals surface area contributed by atoms with Gasteiger partial charge in [0.2, 0.25) is 0 Å². The molecule has 0 aromatic carbocycles. The summed E-state index contributed by atoms with van der Waals surface area (Å²) in [4.78, 5) is 15.5. The molecule has 0 aliphatic heterocycles. The largest absolute Gasteiger partial charge is 0.323 e. The summed E-state index contributed by atoms with van der Waals surface area (Å²) in [5.74, 6) is 0. The summed E-state index contributed by atoms with van der Waals surface area (Å²) in [6.45, 7) is 8.21. The van der Waals surface area contributed by atoms with Crippen LogP contribution in [0, 0.1) is 5.41 Å². The average Bonchev–Trinajstić information content (AvgIpc) is 2.27. The molecule has 2 amide bonds. The van der Waals surface area contributed by atoms with Gasteiger partial charge >= 0.3 is 6.03 Å². The number of carbonyl (C=O) groups excluding carboxylic acids is 1. The maximum atomic E-state index is 11.6. The van der Waals surface area contributed by atoms with Crippen LogP contribution in [-0.4, -0.2) is 11.0 Å². The number of aromatic nitrogens is 1. The molecule has 0 fully saturated rings. The minimum absolute atomic E-state index is 0.0270. The van der Waals surface area contributed by atoms with E-state index in [-0.39, 0.29) is 16.6 Å². The molecular weight excluding hydrogens is 250 g/mol. The van der Waals surface area contributed by atoms with E-state index < -0.39 is 0 Å². The van der Waals surface area contributed by atoms with E-state index in [1.165, 1.54) is 0 Å². The first-order chi connectivity index (χ1) is 8.30. The molecule has 0 atom stereocenters. The Morgan fingerprint density at radius 2 is 2.11 bits per heavy atom. The topological polar surface area (TPSA) is 54.0 Å². The number of pyridine rings is 1. The lowest BCUT2D eigenvalue weighted by Gasteiger charge is -2.19. The van der Waals surface area contributed by atoms with Crippen molar-refractivity contribution in [3.63, 3.8) is 0 Å². The predicted molar refractivity (Wildman–Crippen MR) is 74.6 cm³/mol. The van der Waals surface area contributed by atoms with E-state index in [0.717, 1.165) is 5.57 Å². The first-order valence-corrected chi connectivity index (χ1v) is 6.04. The number of carbonyl (C=O) groups is 1. The highest BCUT2D eigenvalue weighted by Gasteiger charge is 2.12. The maximum absolute atomic E-state index is 11.6. The van der Waals surface area contributed by atoms with Gasteiger partial charge in [-0.15, -0.1) is 0 Å². The van der Waals surface area contributed by atoms with Gasteiger partial charge in [-0.1, -0.05) is 37.9 Å². The fourth-order valence-electron chi connectivity index (χ4n) is 1.03. The van der Waals surface area contributed by atoms with Gasteiger partial charge in [0.15, 0.2) is 5.15 Å². The van der Waals surface area contributed by atoms with Crippen molar-refractivity contribution in [1.29, 1.82) is 0 Å². The Morgan fingerprint density at radius 1 is 1.44 bits per heavy atom. The summed E-state index contributed by atoms with van der Waals surface area (Å²) in [5.41, 5.74) is 1.59. The SMILES string of the molecule is C/C(=C\NC(=O)Nc1cccnc1Cl)C(C)(C)C. The summed E-state index contributed by atoms with van der Waals surface area (Å²) >= 11 is 5.83. The minimum atomic E-state index is -0.339. The highest BCUT2D eigenvalue weighted by atomic mass is 35.5. The molecule has 0 spiro atoms. The summed E-state index contributed by atoms with van der Waals surface area (Å²) in [6, 6.07) is 3.06. The van der Waals surface area contributed by atoms with Crippen molar-refractivity contribution in [1.82, 2.24) is 10.3 Å². The van der Waals surface area contributed by atoms with Crippen molar-refractivity contribution in [3.8, 4) is 0 Å². The van der Waals surface area contributed by atoms with Crippen LogP contribution in [0.15, 0.2) is 30.1 Å². The number of nitrogens with zero attached hydrogens (tertiary/aromatic N) is 1. The lowest BCUT2D eigenvalue weighted by molar-refractivity contribution is 0.255. The van der Waals surface area contributed by atoms with Crippen molar-refractivity contribution in [2.24, 2.45) is 5.41 Å². The molecular formula is C13H18ClN3O. The fourth-order valence-corrected chi connectivity index (χ4v) is 1.19. The Hall–Kier alpha value is -1.55. The highest BCUT2D eigenvalue weighted by molar-refractivity contribution is 6.32. The van der Waals surface area contributed by atoms with Crippen molar-refractivity contribution < 1.29 is 4.79 Å². The van der Waals surface area contributed by atoms with Crippen LogP contribution in [-0.2, 0) is 0 Å². The van der Waals surface area contributed by atoms with Crippen LogP contribution in [0.1, 0.15) is 27.7 Å². The van der Waals surface area contributed by atoms with Crippen LogP contribution >= 0.6 is 11.6 Å². The van der Waals surface area contributed by atoms with Crippen molar-refractivity contribution in [2.75, 3.05) is 5.32 Å². The Bertz CT molecular complexity index is 464. The van der Waals surface area contributed by atoms with Gasteiger partial charge in [-0.3, -0.25) is 0 Å². The van der Waals surface area contributed by atoms with Gasteiger partial charge in [-0.25, -0.2) is 9.78 Å². The molecule has 1 heterocycles. The Kier molecular flexibility index (Phi) is 4.73. The molecule has 2 N–H and O–H groups in total. The maximum Gasteiger partial charge on any atom is 0.323 e. The molecule has 0 saturated heterocycles. The summed E-state index contributed by atoms with van der Waals surface area (Å²) < 4.78 is 0. The second-order valence-corrected chi connectivity index (χ2v) is 5.38. The average molecular weight is 268 g/mol. The standard InChI is InChI=1S/C13H18ClN3O/c1-9(13(2,3)4)8-16-12(18)17-10-6-5-7-15-11(10)14/h5-8H,1-4H3,(H2,16,17,18)/b9-8+. The van der Waals surface area contributed by atoms with Crippen LogP contribution < -0.4 is 10.6 Å². The molecule has 0 aliphatic carbocycles. The number of anilines is 1. The zero-order valence-corrected chi connectivity index (χ0v) is 11.8. The lowest BCUT2D eigenvalue weighted by atomic mass is 9.88. The predicted octanol–water partition coefficient (Wildman–Crippen LogP) is 3.81. The molecule has 1 aromatic rings. The molecule has 18 heavy (non-hydrogen) atoms. The van der Waals surface area contributed by atoms with Gasteiger partial charge in [0.05, 0.1) is 5.69 Å². The van der Waals surface area contributed by atoms with Crippen LogP contribution in [0.5, 0.6) is 0 Å². The number of allylic oxidation sites excluding steroid dienone is 1. The molecule has 0 aliphatic rings. The first-order valence-electron chi connectivity index (χ1n) is 5.66. The van der Waals surface area contributed by atoms with E-state index in [1.54, 1.807) is 24.5 Å². The van der Waals surface area contributed by atoms with Crippen molar-refractivity contribution in [3.05, 3.63) is 35.3 Å². The number of amides is 2. The number of rotatable bonds is 2. The molecule has 4 nitrogen and oxygen atoms in total. The van der Waals surface area contributed by atoms with E-state index in [1.807, 2.05) is 6.92 Å². The molecule has 1 rings (SSSR count). The van der Waals surface area contributed by atoms with E-state index in [2.05, 4.69) is 36.4 Å². The third kappa shape index (κ3) is 4.37. The number of urea groups is 1. The lowest BCUT2D eigenvalue weighted by Crippen LogP contribution is -2.25. The summed E-state index contributed by atoms with van der Waals surface area (Å²) in [7, 11) is 0. The second kappa shape index (κ2) is 5.87. The van der Waals surface area contributed by atoms with Crippen LogP contribution in [0.4, 0.5) is 10.5 Å². The van der Waals surface area contributed by atoms with E-state index in [9.17, 15) is 4.79 Å². The first kappa shape index (κ1) is 14.5. The van der Waals surface area contributed by atoms with E-state index in [4.69, 9.17) is 11.6 Å². The number of nitrogens with one attached hydrogen (secondary N) is 2. The molecule has 0 unspecified atom stereocenters. The summed E-state index contributed by atoms with van der Waals surface area (Å²) in [6.07, 6.45) is 3.26. The monoisotopic (exact) mass is 267 g/mol. The van der Waals surface area contributed by atoms with E-state index >= 15 is 0 Å².